The van der Waals surface area contributed by atoms with Crippen LogP contribution in [-0.4, -0.2) is 55.7 Å². The molecule has 0 spiro atoms. The molecule has 0 saturated carbocycles. The number of ether oxygens (including phenoxy) is 1. The van der Waals surface area contributed by atoms with Crippen molar-refractivity contribution in [3.05, 3.63) is 65.7 Å². The summed E-state index contributed by atoms with van der Waals surface area (Å²) in [6.45, 7) is 4.89. The van der Waals surface area contributed by atoms with Crippen LogP contribution >= 0.6 is 0 Å². The lowest BCUT2D eigenvalue weighted by molar-refractivity contribution is -0.0937. The fourth-order valence-electron chi connectivity index (χ4n) is 5.07. The molecule has 0 aliphatic carbocycles. The Morgan fingerprint density at radius 3 is 2.58 bits per heavy atom. The summed E-state index contributed by atoms with van der Waals surface area (Å²) >= 11 is 0. The second-order valence-electron chi connectivity index (χ2n) is 9.28. The summed E-state index contributed by atoms with van der Waals surface area (Å²) in [4.78, 5) is 4.82. The summed E-state index contributed by atoms with van der Waals surface area (Å²) in [5.41, 5.74) is 1.52. The molecule has 1 N–H and O–H groups in total. The van der Waals surface area contributed by atoms with Crippen LogP contribution in [0.25, 0.3) is 0 Å². The van der Waals surface area contributed by atoms with E-state index >= 15 is 0 Å². The van der Waals surface area contributed by atoms with Crippen molar-refractivity contribution in [2.45, 2.75) is 50.7 Å². The molecular weight excluding hydrogens is 384 g/mol. The fourth-order valence-corrected chi connectivity index (χ4v) is 5.07. The zero-order chi connectivity index (χ0) is 22.3. The van der Waals surface area contributed by atoms with Crippen molar-refractivity contribution in [1.82, 2.24) is 9.80 Å². The molecule has 0 amide bonds. The molecule has 3 atom stereocenters. The van der Waals surface area contributed by atoms with Crippen molar-refractivity contribution in [2.24, 2.45) is 5.92 Å². The molecule has 0 aromatic heterocycles. The van der Waals surface area contributed by atoms with E-state index in [2.05, 4.69) is 67.2 Å². The minimum Gasteiger partial charge on any atom is -0.497 e. The van der Waals surface area contributed by atoms with Crippen molar-refractivity contribution in [3.63, 3.8) is 0 Å². The molecule has 3 rings (SSSR count). The Morgan fingerprint density at radius 1 is 1.13 bits per heavy atom. The standard InChI is InChI=1S/C27H40N2O2/c1-5-6-8-16-26(22-12-9-7-10-13-22)29-18-17-27(30,24(21-29)20-28(2)3)23-14-11-15-25(19-23)31-4/h7,9-15,19,24,26,30H,5-6,8,16-18,20-21H2,1-4H3. The van der Waals surface area contributed by atoms with Crippen molar-refractivity contribution in [2.75, 3.05) is 40.8 Å². The normalized spacial score (nSPS) is 23.1. The van der Waals surface area contributed by atoms with E-state index in [9.17, 15) is 5.11 Å². The lowest BCUT2D eigenvalue weighted by atomic mass is 9.75. The Kier molecular flexibility index (Phi) is 8.53. The van der Waals surface area contributed by atoms with Gasteiger partial charge in [-0.25, -0.2) is 0 Å². The van der Waals surface area contributed by atoms with Crippen LogP contribution in [0.1, 0.15) is 56.2 Å². The molecule has 2 aromatic carbocycles. The highest BCUT2D eigenvalue weighted by molar-refractivity contribution is 5.33. The first kappa shape index (κ1) is 23.8. The van der Waals surface area contributed by atoms with Gasteiger partial charge in [0.15, 0.2) is 0 Å². The van der Waals surface area contributed by atoms with Crippen molar-refractivity contribution < 1.29 is 9.84 Å². The number of hydrogen-bond donors (Lipinski definition) is 1. The minimum atomic E-state index is -0.847. The lowest BCUT2D eigenvalue weighted by Gasteiger charge is -2.48. The van der Waals surface area contributed by atoms with Crippen LogP contribution in [0.2, 0.25) is 0 Å². The third-order valence-corrected chi connectivity index (χ3v) is 6.77. The number of likely N-dealkylation sites (tertiary alicyclic amines) is 1. The molecule has 0 bridgehead atoms. The number of rotatable bonds is 10. The Morgan fingerprint density at radius 2 is 1.90 bits per heavy atom. The molecular formula is C27H40N2O2. The van der Waals surface area contributed by atoms with Crippen LogP contribution in [0.5, 0.6) is 5.75 Å². The highest BCUT2D eigenvalue weighted by Crippen LogP contribution is 2.42. The molecule has 0 radical (unpaired) electrons. The Labute approximate surface area is 188 Å². The highest BCUT2D eigenvalue weighted by atomic mass is 16.5. The molecule has 170 valence electrons. The maximum atomic E-state index is 11.9. The Hall–Kier alpha value is -1.88. The van der Waals surface area contributed by atoms with Crippen LogP contribution in [0.3, 0.4) is 0 Å². The molecule has 1 saturated heterocycles. The van der Waals surface area contributed by atoms with Gasteiger partial charge in [0.1, 0.15) is 5.75 Å². The number of nitrogens with zero attached hydrogens (tertiary/aromatic N) is 2. The van der Waals surface area contributed by atoms with Gasteiger partial charge in [-0.2, -0.15) is 0 Å². The third kappa shape index (κ3) is 5.88. The maximum Gasteiger partial charge on any atom is 0.119 e. The average molecular weight is 425 g/mol. The van der Waals surface area contributed by atoms with Crippen LogP contribution in [0.4, 0.5) is 0 Å². The van der Waals surface area contributed by atoms with E-state index in [-0.39, 0.29) is 5.92 Å². The van der Waals surface area contributed by atoms with Gasteiger partial charge < -0.3 is 14.7 Å². The van der Waals surface area contributed by atoms with Gasteiger partial charge in [-0.05, 0) is 50.2 Å². The van der Waals surface area contributed by atoms with E-state index in [1.54, 1.807) is 7.11 Å². The monoisotopic (exact) mass is 424 g/mol. The number of aliphatic hydroxyl groups is 1. The smallest absolute Gasteiger partial charge is 0.119 e. The molecule has 31 heavy (non-hydrogen) atoms. The Balaban J connectivity index is 1.87. The van der Waals surface area contributed by atoms with E-state index in [1.807, 2.05) is 18.2 Å². The number of piperidine rings is 1. The molecule has 4 nitrogen and oxygen atoms in total. The van der Waals surface area contributed by atoms with Gasteiger partial charge in [-0.1, -0.05) is 68.7 Å². The molecule has 1 fully saturated rings. The van der Waals surface area contributed by atoms with Crippen molar-refractivity contribution in [1.29, 1.82) is 0 Å². The third-order valence-electron chi connectivity index (χ3n) is 6.77. The van der Waals surface area contributed by atoms with Crippen LogP contribution in [-0.2, 0) is 5.60 Å². The summed E-state index contributed by atoms with van der Waals surface area (Å²) in [5, 5.41) is 11.9. The Bertz CT molecular complexity index is 795. The quantitative estimate of drug-likeness (QED) is 0.539. The van der Waals surface area contributed by atoms with E-state index < -0.39 is 5.60 Å². The van der Waals surface area contributed by atoms with Gasteiger partial charge in [0.25, 0.3) is 0 Å². The molecule has 1 aliphatic rings. The summed E-state index contributed by atoms with van der Waals surface area (Å²) in [6.07, 6.45) is 5.65. The zero-order valence-corrected chi connectivity index (χ0v) is 19.8. The first-order valence-corrected chi connectivity index (χ1v) is 11.8. The van der Waals surface area contributed by atoms with Gasteiger partial charge in [0, 0.05) is 31.6 Å². The highest BCUT2D eigenvalue weighted by Gasteiger charge is 2.44. The van der Waals surface area contributed by atoms with Crippen LogP contribution in [0.15, 0.2) is 54.6 Å². The van der Waals surface area contributed by atoms with Gasteiger partial charge >= 0.3 is 0 Å². The number of methoxy groups -OCH3 is 1. The number of benzene rings is 2. The first-order valence-electron chi connectivity index (χ1n) is 11.8. The maximum absolute atomic E-state index is 11.9. The molecule has 2 aromatic rings. The van der Waals surface area contributed by atoms with Crippen molar-refractivity contribution >= 4 is 0 Å². The largest absolute Gasteiger partial charge is 0.497 e. The number of hydrogen-bond acceptors (Lipinski definition) is 4. The fraction of sp³-hybridized carbons (Fsp3) is 0.556. The van der Waals surface area contributed by atoms with Gasteiger partial charge in [0.2, 0.25) is 0 Å². The molecule has 4 heteroatoms. The molecule has 3 unspecified atom stereocenters. The van der Waals surface area contributed by atoms with Crippen LogP contribution in [0, 0.1) is 5.92 Å². The predicted molar refractivity (Wildman–Crippen MR) is 128 cm³/mol. The summed E-state index contributed by atoms with van der Waals surface area (Å²) < 4.78 is 5.45. The average Bonchev–Trinajstić information content (AvgIpc) is 2.79. The van der Waals surface area contributed by atoms with Gasteiger partial charge in [-0.15, -0.1) is 0 Å². The summed E-state index contributed by atoms with van der Waals surface area (Å²) in [5.74, 6) is 0.930. The van der Waals surface area contributed by atoms with Gasteiger partial charge in [-0.3, -0.25) is 4.90 Å². The van der Waals surface area contributed by atoms with E-state index in [0.717, 1.165) is 37.4 Å². The van der Waals surface area contributed by atoms with Crippen LogP contribution < -0.4 is 4.74 Å². The minimum absolute atomic E-state index is 0.126. The van der Waals surface area contributed by atoms with Crippen molar-refractivity contribution in [3.8, 4) is 5.75 Å². The zero-order valence-electron chi connectivity index (χ0n) is 19.8. The molecule has 1 heterocycles. The molecule has 1 aliphatic heterocycles. The van der Waals surface area contributed by atoms with E-state index in [4.69, 9.17) is 4.74 Å². The predicted octanol–water partition coefficient (Wildman–Crippen LogP) is 5.09. The SMILES string of the molecule is CCCCCC(c1ccccc1)N1CCC(O)(c2cccc(OC)c2)C(CN(C)C)C1. The number of unbranched alkanes of at least 4 members (excludes halogenated alkanes) is 2. The first-order chi connectivity index (χ1) is 15.0. The summed E-state index contributed by atoms with van der Waals surface area (Å²) in [7, 11) is 5.88. The van der Waals surface area contributed by atoms with E-state index in [1.165, 1.54) is 31.2 Å². The van der Waals surface area contributed by atoms with Gasteiger partial charge in [0.05, 0.1) is 12.7 Å². The summed E-state index contributed by atoms with van der Waals surface area (Å²) in [6, 6.07) is 19.3. The second-order valence-corrected chi connectivity index (χ2v) is 9.28. The second kappa shape index (κ2) is 11.1. The topological polar surface area (TPSA) is 35.9 Å². The lowest BCUT2D eigenvalue weighted by Crippen LogP contribution is -2.53. The van der Waals surface area contributed by atoms with E-state index in [0.29, 0.717) is 6.04 Å².